The summed E-state index contributed by atoms with van der Waals surface area (Å²) in [6.45, 7) is 1.63. The first kappa shape index (κ1) is 8.26. The fraction of sp³-hybridized carbons (Fsp3) is 0.111. The number of benzene rings is 1. The monoisotopic (exact) mass is 195 g/mol. The summed E-state index contributed by atoms with van der Waals surface area (Å²) in [6, 6.07) is 4.88. The predicted octanol–water partition coefficient (Wildman–Crippen LogP) is 2.15. The highest BCUT2D eigenvalue weighted by molar-refractivity contribution is 6.31. The fourth-order valence-corrected chi connectivity index (χ4v) is 1.32. The highest BCUT2D eigenvalue weighted by atomic mass is 35.5. The van der Waals surface area contributed by atoms with Crippen molar-refractivity contribution < 1.29 is 4.42 Å². The van der Waals surface area contributed by atoms with Crippen molar-refractivity contribution in [3.63, 3.8) is 0 Å². The zero-order valence-electron chi connectivity index (χ0n) is 6.87. The van der Waals surface area contributed by atoms with Crippen LogP contribution in [0.5, 0.6) is 0 Å². The van der Waals surface area contributed by atoms with E-state index in [1.807, 2.05) is 0 Å². The Bertz CT molecular complexity index is 513. The number of rotatable bonds is 0. The number of aryl methyl sites for hydroxylation is 1. The molecule has 0 aliphatic rings. The lowest BCUT2D eigenvalue weighted by molar-refractivity contribution is 0.467. The molecule has 0 spiro atoms. The van der Waals surface area contributed by atoms with E-state index < -0.39 is 0 Å². The molecule has 3 nitrogen and oxygen atoms in total. The van der Waals surface area contributed by atoms with Gasteiger partial charge in [-0.25, -0.2) is 9.78 Å². The van der Waals surface area contributed by atoms with Crippen LogP contribution in [-0.4, -0.2) is 4.98 Å². The third kappa shape index (κ3) is 1.42. The lowest BCUT2D eigenvalue weighted by Gasteiger charge is -1.96. The fourth-order valence-electron chi connectivity index (χ4n) is 1.15. The van der Waals surface area contributed by atoms with E-state index in [1.54, 1.807) is 25.1 Å². The molecule has 0 atom stereocenters. The molecule has 2 aromatic rings. The molecule has 0 saturated heterocycles. The molecule has 1 aromatic heterocycles. The van der Waals surface area contributed by atoms with E-state index >= 15 is 0 Å². The molecule has 0 fully saturated rings. The van der Waals surface area contributed by atoms with E-state index in [0.717, 1.165) is 0 Å². The quantitative estimate of drug-likeness (QED) is 0.647. The first-order chi connectivity index (χ1) is 6.16. The molecule has 66 valence electrons. The standard InChI is InChI=1S/C9H6ClNO2/c1-5-11-8-4-6(10)2-3-7(8)9(12)13-5/h2-4H,1H3. The minimum atomic E-state index is -0.376. The molecule has 0 amide bonds. The Morgan fingerprint density at radius 2 is 2.23 bits per heavy atom. The maximum absolute atomic E-state index is 11.3. The molecular weight excluding hydrogens is 190 g/mol. The van der Waals surface area contributed by atoms with Crippen LogP contribution in [0.2, 0.25) is 5.02 Å². The highest BCUT2D eigenvalue weighted by Crippen LogP contribution is 2.14. The van der Waals surface area contributed by atoms with Crippen LogP contribution in [-0.2, 0) is 0 Å². The molecule has 1 heterocycles. The Hall–Kier alpha value is -1.35. The van der Waals surface area contributed by atoms with Gasteiger partial charge in [-0.2, -0.15) is 0 Å². The number of hydrogen-bond donors (Lipinski definition) is 0. The molecule has 0 radical (unpaired) electrons. The Labute approximate surface area is 79.0 Å². The van der Waals surface area contributed by atoms with Crippen LogP contribution >= 0.6 is 11.6 Å². The Morgan fingerprint density at radius 3 is 3.00 bits per heavy atom. The highest BCUT2D eigenvalue weighted by Gasteiger charge is 2.02. The number of aromatic nitrogens is 1. The first-order valence-electron chi connectivity index (χ1n) is 3.74. The second kappa shape index (κ2) is 2.85. The molecule has 4 heteroatoms. The van der Waals surface area contributed by atoms with Gasteiger partial charge in [-0.15, -0.1) is 0 Å². The summed E-state index contributed by atoms with van der Waals surface area (Å²) >= 11 is 5.75. The average molecular weight is 196 g/mol. The summed E-state index contributed by atoms with van der Waals surface area (Å²) in [5.41, 5.74) is 0.195. The van der Waals surface area contributed by atoms with Gasteiger partial charge in [-0.3, -0.25) is 0 Å². The van der Waals surface area contributed by atoms with Crippen molar-refractivity contribution >= 4 is 22.5 Å². The molecule has 13 heavy (non-hydrogen) atoms. The maximum atomic E-state index is 11.3. The number of fused-ring (bicyclic) bond motifs is 1. The van der Waals surface area contributed by atoms with E-state index in [2.05, 4.69) is 4.98 Å². The van der Waals surface area contributed by atoms with Gasteiger partial charge in [-0.05, 0) is 18.2 Å². The van der Waals surface area contributed by atoms with E-state index in [9.17, 15) is 4.79 Å². The lowest BCUT2D eigenvalue weighted by atomic mass is 10.2. The summed E-state index contributed by atoms with van der Waals surface area (Å²) in [4.78, 5) is 15.3. The molecule has 0 unspecified atom stereocenters. The molecule has 0 aliphatic carbocycles. The van der Waals surface area contributed by atoms with Gasteiger partial charge in [0.15, 0.2) is 5.89 Å². The van der Waals surface area contributed by atoms with E-state index in [-0.39, 0.29) is 5.63 Å². The molecular formula is C9H6ClNO2. The van der Waals surface area contributed by atoms with Crippen molar-refractivity contribution in [1.82, 2.24) is 4.98 Å². The minimum absolute atomic E-state index is 0.347. The van der Waals surface area contributed by atoms with Gasteiger partial charge in [-0.1, -0.05) is 11.6 Å². The van der Waals surface area contributed by atoms with Crippen LogP contribution in [0.25, 0.3) is 10.9 Å². The topological polar surface area (TPSA) is 43.1 Å². The lowest BCUT2D eigenvalue weighted by Crippen LogP contribution is -2.02. The van der Waals surface area contributed by atoms with Crippen LogP contribution in [0.4, 0.5) is 0 Å². The van der Waals surface area contributed by atoms with Gasteiger partial charge in [0.1, 0.15) is 0 Å². The number of halogens is 1. The largest absolute Gasteiger partial charge is 0.408 e. The third-order valence-corrected chi connectivity index (χ3v) is 1.93. The van der Waals surface area contributed by atoms with Gasteiger partial charge in [0, 0.05) is 11.9 Å². The summed E-state index contributed by atoms with van der Waals surface area (Å²) in [7, 11) is 0. The molecule has 1 aromatic carbocycles. The van der Waals surface area contributed by atoms with Gasteiger partial charge in [0.25, 0.3) is 0 Å². The van der Waals surface area contributed by atoms with Crippen molar-refractivity contribution in [2.24, 2.45) is 0 Å². The maximum Gasteiger partial charge on any atom is 0.346 e. The predicted molar refractivity (Wildman–Crippen MR) is 50.0 cm³/mol. The van der Waals surface area contributed by atoms with Gasteiger partial charge in [0.2, 0.25) is 0 Å². The third-order valence-electron chi connectivity index (χ3n) is 1.70. The van der Waals surface area contributed by atoms with Gasteiger partial charge in [0.05, 0.1) is 10.9 Å². The SMILES string of the molecule is Cc1nc2cc(Cl)ccc2c(=O)o1. The van der Waals surface area contributed by atoms with Crippen LogP contribution in [0.3, 0.4) is 0 Å². The molecule has 2 rings (SSSR count). The van der Waals surface area contributed by atoms with Crippen molar-refractivity contribution in [2.75, 3.05) is 0 Å². The van der Waals surface area contributed by atoms with Gasteiger partial charge >= 0.3 is 5.63 Å². The van der Waals surface area contributed by atoms with Crippen molar-refractivity contribution in [3.8, 4) is 0 Å². The molecule has 0 N–H and O–H groups in total. The Balaban J connectivity index is 2.95. The van der Waals surface area contributed by atoms with Crippen LogP contribution < -0.4 is 5.63 Å². The minimum Gasteiger partial charge on any atom is -0.408 e. The second-order valence-electron chi connectivity index (χ2n) is 2.68. The number of hydrogen-bond acceptors (Lipinski definition) is 3. The summed E-state index contributed by atoms with van der Waals surface area (Å²) in [6.07, 6.45) is 0. The zero-order chi connectivity index (χ0) is 9.42. The second-order valence-corrected chi connectivity index (χ2v) is 3.12. The number of nitrogens with zero attached hydrogens (tertiary/aromatic N) is 1. The van der Waals surface area contributed by atoms with Crippen molar-refractivity contribution in [2.45, 2.75) is 6.92 Å². The normalized spacial score (nSPS) is 10.6. The average Bonchev–Trinajstić information content (AvgIpc) is 2.02. The summed E-state index contributed by atoms with van der Waals surface area (Å²) in [5.74, 6) is 0.347. The van der Waals surface area contributed by atoms with Crippen LogP contribution in [0.15, 0.2) is 27.4 Å². The van der Waals surface area contributed by atoms with E-state index in [4.69, 9.17) is 16.0 Å². The summed E-state index contributed by atoms with van der Waals surface area (Å²) in [5, 5.41) is 1.01. The summed E-state index contributed by atoms with van der Waals surface area (Å²) < 4.78 is 4.82. The molecule has 0 aliphatic heterocycles. The zero-order valence-corrected chi connectivity index (χ0v) is 7.63. The van der Waals surface area contributed by atoms with E-state index in [1.165, 1.54) is 0 Å². The molecule has 0 bridgehead atoms. The Kier molecular flexibility index (Phi) is 1.81. The van der Waals surface area contributed by atoms with Crippen LogP contribution in [0, 0.1) is 6.92 Å². The smallest absolute Gasteiger partial charge is 0.346 e. The van der Waals surface area contributed by atoms with E-state index in [0.29, 0.717) is 21.8 Å². The van der Waals surface area contributed by atoms with Crippen molar-refractivity contribution in [1.29, 1.82) is 0 Å². The first-order valence-corrected chi connectivity index (χ1v) is 4.11. The molecule has 0 saturated carbocycles. The Morgan fingerprint density at radius 1 is 1.46 bits per heavy atom. The van der Waals surface area contributed by atoms with Gasteiger partial charge < -0.3 is 4.42 Å². The van der Waals surface area contributed by atoms with Crippen LogP contribution in [0.1, 0.15) is 5.89 Å². The van der Waals surface area contributed by atoms with Crippen molar-refractivity contribution in [3.05, 3.63) is 39.5 Å².